The first kappa shape index (κ1) is 13.4. The van der Waals surface area contributed by atoms with Crippen molar-refractivity contribution in [3.63, 3.8) is 0 Å². The molecule has 2 rings (SSSR count). The number of hydrogen-bond donors (Lipinski definition) is 2. The number of sulfonamides is 1. The topological polar surface area (TPSA) is 111 Å². The number of nitrogens with two attached hydrogens (primary N) is 1. The zero-order valence-corrected chi connectivity index (χ0v) is 10.6. The van der Waals surface area contributed by atoms with Crippen molar-refractivity contribution in [3.05, 3.63) is 36.5 Å². The van der Waals surface area contributed by atoms with E-state index in [1.807, 2.05) is 4.89 Å². The van der Waals surface area contributed by atoms with Crippen molar-refractivity contribution in [3.8, 4) is 0 Å². The van der Waals surface area contributed by atoms with E-state index in [9.17, 15) is 13.2 Å². The number of amides is 1. The number of rotatable bonds is 5. The molecule has 0 saturated carbocycles. The van der Waals surface area contributed by atoms with E-state index < -0.39 is 22.5 Å². The molecule has 0 fully saturated rings. The Balaban J connectivity index is 2.35. The number of aromatic nitrogens is 1. The third-order valence-electron chi connectivity index (χ3n) is 2.28. The minimum Gasteiger partial charge on any atom is -0.368 e. The van der Waals surface area contributed by atoms with Crippen LogP contribution in [-0.2, 0) is 19.7 Å². The molecule has 19 heavy (non-hydrogen) atoms. The standard InChI is InChI=1S/C11H11N3O4S/c12-11(15)7-18-14-19(16,17)10-5-1-4-9-8(10)3-2-6-13-9/h1-6,14H,7H2,(H2,12,15). The van der Waals surface area contributed by atoms with Gasteiger partial charge in [0.1, 0.15) is 6.61 Å². The second-order valence-electron chi connectivity index (χ2n) is 3.67. The smallest absolute Gasteiger partial charge is 0.263 e. The van der Waals surface area contributed by atoms with Gasteiger partial charge in [-0.05, 0) is 24.3 Å². The van der Waals surface area contributed by atoms with Gasteiger partial charge in [0, 0.05) is 11.6 Å². The average Bonchev–Trinajstić information content (AvgIpc) is 2.37. The number of nitrogens with zero attached hydrogens (tertiary/aromatic N) is 1. The molecule has 0 bridgehead atoms. The van der Waals surface area contributed by atoms with E-state index in [-0.39, 0.29) is 4.90 Å². The fourth-order valence-electron chi connectivity index (χ4n) is 1.53. The van der Waals surface area contributed by atoms with Crippen molar-refractivity contribution < 1.29 is 18.0 Å². The molecule has 1 heterocycles. The molecule has 0 aliphatic rings. The minimum absolute atomic E-state index is 0.0163. The van der Waals surface area contributed by atoms with Gasteiger partial charge in [0.05, 0.1) is 10.4 Å². The lowest BCUT2D eigenvalue weighted by Crippen LogP contribution is -2.29. The molecule has 0 spiro atoms. The zero-order chi connectivity index (χ0) is 13.9. The summed E-state index contributed by atoms with van der Waals surface area (Å²) in [6.07, 6.45) is 1.57. The van der Waals surface area contributed by atoms with Crippen molar-refractivity contribution in [1.82, 2.24) is 9.87 Å². The maximum absolute atomic E-state index is 12.0. The molecule has 7 nitrogen and oxygen atoms in total. The highest BCUT2D eigenvalue weighted by molar-refractivity contribution is 7.89. The second kappa shape index (κ2) is 5.31. The lowest BCUT2D eigenvalue weighted by Gasteiger charge is -2.08. The van der Waals surface area contributed by atoms with Crippen LogP contribution in [0.4, 0.5) is 0 Å². The van der Waals surface area contributed by atoms with Crippen LogP contribution < -0.4 is 10.6 Å². The Kier molecular flexibility index (Phi) is 3.74. The van der Waals surface area contributed by atoms with Crippen LogP contribution in [0.3, 0.4) is 0 Å². The first-order valence-corrected chi connectivity index (χ1v) is 6.75. The summed E-state index contributed by atoms with van der Waals surface area (Å²) < 4.78 is 24.0. The Morgan fingerprint density at radius 2 is 2.11 bits per heavy atom. The molecule has 8 heteroatoms. The third-order valence-corrected chi connectivity index (χ3v) is 3.55. The Hall–Kier alpha value is -2.03. The van der Waals surface area contributed by atoms with Gasteiger partial charge < -0.3 is 5.73 Å². The number of nitrogens with one attached hydrogen (secondary N) is 1. The fraction of sp³-hybridized carbons (Fsp3) is 0.0909. The van der Waals surface area contributed by atoms with E-state index in [1.54, 1.807) is 30.5 Å². The van der Waals surface area contributed by atoms with Gasteiger partial charge in [-0.25, -0.2) is 8.42 Å². The SMILES string of the molecule is NC(=O)CONS(=O)(=O)c1cccc2ncccc12. The van der Waals surface area contributed by atoms with Gasteiger partial charge in [-0.3, -0.25) is 14.6 Å². The third kappa shape index (κ3) is 3.05. The number of hydrogen-bond acceptors (Lipinski definition) is 5. The number of primary amides is 1. The quantitative estimate of drug-likeness (QED) is 0.745. The molecule has 3 N–H and O–H groups in total. The molecule has 1 amide bonds. The Labute approximate surface area is 109 Å². The van der Waals surface area contributed by atoms with Crippen molar-refractivity contribution in [1.29, 1.82) is 0 Å². The second-order valence-corrected chi connectivity index (χ2v) is 5.28. The van der Waals surface area contributed by atoms with Crippen molar-refractivity contribution in [2.45, 2.75) is 4.90 Å². The Morgan fingerprint density at radius 3 is 2.84 bits per heavy atom. The molecule has 0 aliphatic carbocycles. The van der Waals surface area contributed by atoms with Gasteiger partial charge >= 0.3 is 0 Å². The van der Waals surface area contributed by atoms with Gasteiger partial charge in [-0.2, -0.15) is 0 Å². The van der Waals surface area contributed by atoms with E-state index in [2.05, 4.69) is 9.82 Å². The first-order valence-electron chi connectivity index (χ1n) is 5.26. The van der Waals surface area contributed by atoms with Crippen molar-refractivity contribution >= 4 is 26.8 Å². The highest BCUT2D eigenvalue weighted by Gasteiger charge is 2.17. The van der Waals surface area contributed by atoms with E-state index in [0.717, 1.165) is 0 Å². The molecular formula is C11H11N3O4S. The summed E-state index contributed by atoms with van der Waals surface area (Å²) in [5, 5.41) is 0.458. The maximum atomic E-state index is 12.0. The van der Waals surface area contributed by atoms with Gasteiger partial charge in [0.2, 0.25) is 5.91 Å². The molecule has 2 aromatic rings. The molecule has 0 unspecified atom stereocenters. The van der Waals surface area contributed by atoms with Gasteiger partial charge in [-0.1, -0.05) is 11.0 Å². The summed E-state index contributed by atoms with van der Waals surface area (Å²) in [6, 6.07) is 7.94. The average molecular weight is 281 g/mol. The Bertz CT molecular complexity index is 709. The predicted octanol–water partition coefficient (Wildman–Crippen LogP) is -0.0700. The van der Waals surface area contributed by atoms with Gasteiger partial charge in [-0.15, -0.1) is 0 Å². The molecule has 1 aromatic carbocycles. The van der Waals surface area contributed by atoms with E-state index in [4.69, 9.17) is 5.73 Å². The lowest BCUT2D eigenvalue weighted by atomic mass is 10.2. The molecule has 1 aromatic heterocycles. The van der Waals surface area contributed by atoms with Crippen molar-refractivity contribution in [2.75, 3.05) is 6.61 Å². The number of pyridine rings is 1. The van der Waals surface area contributed by atoms with Crippen LogP contribution in [0.15, 0.2) is 41.4 Å². The van der Waals surface area contributed by atoms with Crippen molar-refractivity contribution in [2.24, 2.45) is 5.73 Å². The molecule has 0 radical (unpaired) electrons. The van der Waals surface area contributed by atoms with Crippen LogP contribution in [0.2, 0.25) is 0 Å². The van der Waals surface area contributed by atoms with Crippen LogP contribution in [0.5, 0.6) is 0 Å². The highest BCUT2D eigenvalue weighted by Crippen LogP contribution is 2.20. The fourth-order valence-corrected chi connectivity index (χ4v) is 2.56. The van der Waals surface area contributed by atoms with Crippen LogP contribution in [0.1, 0.15) is 0 Å². The van der Waals surface area contributed by atoms with E-state index in [0.29, 0.717) is 10.9 Å². The molecular weight excluding hydrogens is 270 g/mol. The first-order chi connectivity index (χ1) is 9.00. The maximum Gasteiger partial charge on any atom is 0.263 e. The summed E-state index contributed by atoms with van der Waals surface area (Å²) in [5.74, 6) is -0.776. The van der Waals surface area contributed by atoms with E-state index >= 15 is 0 Å². The number of fused-ring (bicyclic) bond motifs is 1. The lowest BCUT2D eigenvalue weighted by molar-refractivity contribution is -0.123. The monoisotopic (exact) mass is 281 g/mol. The van der Waals surface area contributed by atoms with Crippen LogP contribution in [0.25, 0.3) is 10.9 Å². The van der Waals surface area contributed by atoms with Crippen LogP contribution in [-0.4, -0.2) is 25.9 Å². The van der Waals surface area contributed by atoms with Gasteiger partial charge in [0.25, 0.3) is 10.0 Å². The normalized spacial score (nSPS) is 11.6. The molecule has 0 saturated heterocycles. The van der Waals surface area contributed by atoms with Crippen LogP contribution in [0, 0.1) is 0 Å². The Morgan fingerprint density at radius 1 is 1.32 bits per heavy atom. The largest absolute Gasteiger partial charge is 0.368 e. The zero-order valence-electron chi connectivity index (χ0n) is 9.74. The molecule has 0 aliphatic heterocycles. The number of carbonyl (C=O) groups excluding carboxylic acids is 1. The predicted molar refractivity (Wildman–Crippen MR) is 67.2 cm³/mol. The summed E-state index contributed by atoms with van der Waals surface area (Å²) in [4.78, 5) is 20.9. The minimum atomic E-state index is -3.90. The summed E-state index contributed by atoms with van der Waals surface area (Å²) >= 11 is 0. The van der Waals surface area contributed by atoms with Crippen LogP contribution >= 0.6 is 0 Å². The summed E-state index contributed by atoms with van der Waals surface area (Å²) in [5.41, 5.74) is 5.38. The summed E-state index contributed by atoms with van der Waals surface area (Å²) in [7, 11) is -3.90. The number of carbonyl (C=O) groups is 1. The summed E-state index contributed by atoms with van der Waals surface area (Å²) in [6.45, 7) is -0.539. The highest BCUT2D eigenvalue weighted by atomic mass is 32.2. The molecule has 0 atom stereocenters. The molecule has 100 valence electrons. The van der Waals surface area contributed by atoms with Gasteiger partial charge in [0.15, 0.2) is 0 Å². The number of benzene rings is 1. The van der Waals surface area contributed by atoms with E-state index in [1.165, 1.54) is 6.07 Å².